The van der Waals surface area contributed by atoms with Crippen LogP contribution in [0.15, 0.2) is 18.3 Å². The minimum Gasteiger partial charge on any atom is -0.383 e. The molecule has 0 amide bonds. The van der Waals surface area contributed by atoms with Crippen LogP contribution >= 0.6 is 0 Å². The zero-order valence-electron chi connectivity index (χ0n) is 8.74. The molecule has 1 rings (SSSR count). The highest BCUT2D eigenvalue weighted by Crippen LogP contribution is 2.20. The number of nitrogens with two attached hydrogens (primary N) is 2. The number of anilines is 1. The van der Waals surface area contributed by atoms with E-state index in [2.05, 4.69) is 11.9 Å². The van der Waals surface area contributed by atoms with Crippen LogP contribution in [0.5, 0.6) is 0 Å². The van der Waals surface area contributed by atoms with Gasteiger partial charge in [0.05, 0.1) is 0 Å². The Bertz CT molecular complexity index is 273. The average Bonchev–Trinajstić information content (AvgIpc) is 2.18. The predicted octanol–water partition coefficient (Wildman–Crippen LogP) is 2.24. The molecule has 0 bridgehead atoms. The van der Waals surface area contributed by atoms with Crippen LogP contribution in [0.1, 0.15) is 44.2 Å². The molecule has 0 aliphatic carbocycles. The molecular formula is C11H19N3. The highest BCUT2D eigenvalue weighted by Gasteiger charge is 2.08. The Hall–Kier alpha value is -1.09. The SMILES string of the molecule is CCCCC[C@@H](N)c1cccnc1N. The van der Waals surface area contributed by atoms with Gasteiger partial charge in [0, 0.05) is 17.8 Å². The molecule has 3 nitrogen and oxygen atoms in total. The lowest BCUT2D eigenvalue weighted by atomic mass is 10.0. The van der Waals surface area contributed by atoms with Crippen LogP contribution in [0.2, 0.25) is 0 Å². The van der Waals surface area contributed by atoms with Crippen molar-refractivity contribution in [3.63, 3.8) is 0 Å². The van der Waals surface area contributed by atoms with Crippen molar-refractivity contribution < 1.29 is 0 Å². The van der Waals surface area contributed by atoms with Crippen molar-refractivity contribution in [2.75, 3.05) is 5.73 Å². The van der Waals surface area contributed by atoms with Crippen molar-refractivity contribution in [1.29, 1.82) is 0 Å². The number of unbranched alkanes of at least 4 members (excludes halogenated alkanes) is 2. The molecule has 1 heterocycles. The van der Waals surface area contributed by atoms with E-state index in [1.54, 1.807) is 6.20 Å². The van der Waals surface area contributed by atoms with E-state index in [1.807, 2.05) is 12.1 Å². The Morgan fingerprint density at radius 2 is 2.21 bits per heavy atom. The lowest BCUT2D eigenvalue weighted by Gasteiger charge is -2.12. The van der Waals surface area contributed by atoms with E-state index in [1.165, 1.54) is 12.8 Å². The van der Waals surface area contributed by atoms with E-state index in [0.29, 0.717) is 5.82 Å². The van der Waals surface area contributed by atoms with Crippen molar-refractivity contribution in [2.24, 2.45) is 5.73 Å². The molecule has 0 spiro atoms. The molecule has 0 fully saturated rings. The lowest BCUT2D eigenvalue weighted by Crippen LogP contribution is -2.13. The van der Waals surface area contributed by atoms with Crippen LogP contribution in [0.25, 0.3) is 0 Å². The van der Waals surface area contributed by atoms with Gasteiger partial charge in [0.1, 0.15) is 5.82 Å². The van der Waals surface area contributed by atoms with E-state index >= 15 is 0 Å². The Balaban J connectivity index is 2.51. The molecular weight excluding hydrogens is 174 g/mol. The number of aromatic nitrogens is 1. The molecule has 14 heavy (non-hydrogen) atoms. The lowest BCUT2D eigenvalue weighted by molar-refractivity contribution is 0.581. The van der Waals surface area contributed by atoms with Crippen molar-refractivity contribution in [1.82, 2.24) is 4.98 Å². The normalized spacial score (nSPS) is 12.7. The Morgan fingerprint density at radius 1 is 1.43 bits per heavy atom. The minimum atomic E-state index is 0.0373. The zero-order valence-corrected chi connectivity index (χ0v) is 8.74. The van der Waals surface area contributed by atoms with Gasteiger partial charge >= 0.3 is 0 Å². The van der Waals surface area contributed by atoms with Gasteiger partial charge in [-0.1, -0.05) is 32.3 Å². The van der Waals surface area contributed by atoms with Gasteiger partial charge in [-0.3, -0.25) is 0 Å². The van der Waals surface area contributed by atoms with E-state index in [-0.39, 0.29) is 6.04 Å². The second-order valence-corrected chi connectivity index (χ2v) is 3.58. The van der Waals surface area contributed by atoms with Gasteiger partial charge in [-0.05, 0) is 12.5 Å². The number of hydrogen-bond donors (Lipinski definition) is 2. The van der Waals surface area contributed by atoms with E-state index in [9.17, 15) is 0 Å². The third-order valence-electron chi connectivity index (χ3n) is 2.39. The summed E-state index contributed by atoms with van der Waals surface area (Å²) in [5, 5.41) is 0. The summed E-state index contributed by atoms with van der Waals surface area (Å²) in [4.78, 5) is 4.03. The second kappa shape index (κ2) is 5.60. The number of nitrogens with zero attached hydrogens (tertiary/aromatic N) is 1. The van der Waals surface area contributed by atoms with E-state index in [0.717, 1.165) is 18.4 Å². The van der Waals surface area contributed by atoms with Crippen molar-refractivity contribution in [3.05, 3.63) is 23.9 Å². The molecule has 1 atom stereocenters. The highest BCUT2D eigenvalue weighted by atomic mass is 14.8. The summed E-state index contributed by atoms with van der Waals surface area (Å²) in [7, 11) is 0. The van der Waals surface area contributed by atoms with Crippen molar-refractivity contribution in [2.45, 2.75) is 38.6 Å². The summed E-state index contributed by atoms with van der Waals surface area (Å²) in [6, 6.07) is 3.87. The zero-order chi connectivity index (χ0) is 10.4. The Morgan fingerprint density at radius 3 is 2.86 bits per heavy atom. The minimum absolute atomic E-state index is 0.0373. The van der Waals surface area contributed by atoms with Gasteiger partial charge in [0.25, 0.3) is 0 Å². The van der Waals surface area contributed by atoms with Gasteiger partial charge in [-0.2, -0.15) is 0 Å². The molecule has 0 unspecified atom stereocenters. The van der Waals surface area contributed by atoms with Crippen LogP contribution in [0.3, 0.4) is 0 Å². The summed E-state index contributed by atoms with van der Waals surface area (Å²) in [5.41, 5.74) is 12.7. The molecule has 0 aliphatic heterocycles. The number of pyridine rings is 1. The number of nitrogen functional groups attached to an aromatic ring is 1. The molecule has 0 saturated carbocycles. The third-order valence-corrected chi connectivity index (χ3v) is 2.39. The van der Waals surface area contributed by atoms with Crippen molar-refractivity contribution >= 4 is 5.82 Å². The largest absolute Gasteiger partial charge is 0.383 e. The average molecular weight is 193 g/mol. The molecule has 3 heteroatoms. The summed E-state index contributed by atoms with van der Waals surface area (Å²) in [6.45, 7) is 2.18. The molecule has 0 saturated heterocycles. The van der Waals surface area contributed by atoms with Gasteiger partial charge < -0.3 is 11.5 Å². The molecule has 1 aromatic heterocycles. The summed E-state index contributed by atoms with van der Waals surface area (Å²) in [6.07, 6.45) is 6.29. The monoisotopic (exact) mass is 193 g/mol. The van der Waals surface area contributed by atoms with Crippen molar-refractivity contribution in [3.8, 4) is 0 Å². The van der Waals surface area contributed by atoms with Crippen LogP contribution in [-0.2, 0) is 0 Å². The Labute approximate surface area is 85.5 Å². The van der Waals surface area contributed by atoms with Gasteiger partial charge in [0.2, 0.25) is 0 Å². The molecule has 1 aromatic rings. The topological polar surface area (TPSA) is 64.9 Å². The maximum Gasteiger partial charge on any atom is 0.128 e. The highest BCUT2D eigenvalue weighted by molar-refractivity contribution is 5.40. The molecule has 78 valence electrons. The number of rotatable bonds is 5. The predicted molar refractivity (Wildman–Crippen MR) is 59.7 cm³/mol. The van der Waals surface area contributed by atoms with E-state index < -0.39 is 0 Å². The summed E-state index contributed by atoms with van der Waals surface area (Å²) in [5.74, 6) is 0.566. The van der Waals surface area contributed by atoms with Gasteiger partial charge in [-0.25, -0.2) is 4.98 Å². The van der Waals surface area contributed by atoms with Gasteiger partial charge in [-0.15, -0.1) is 0 Å². The fourth-order valence-electron chi connectivity index (χ4n) is 1.51. The van der Waals surface area contributed by atoms with Crippen LogP contribution in [0, 0.1) is 0 Å². The fourth-order valence-corrected chi connectivity index (χ4v) is 1.51. The summed E-state index contributed by atoms with van der Waals surface area (Å²) >= 11 is 0. The molecule has 0 radical (unpaired) electrons. The maximum absolute atomic E-state index is 6.02. The smallest absolute Gasteiger partial charge is 0.128 e. The number of hydrogen-bond acceptors (Lipinski definition) is 3. The maximum atomic E-state index is 6.02. The first kappa shape index (κ1) is 11.0. The molecule has 4 N–H and O–H groups in total. The first-order valence-electron chi connectivity index (χ1n) is 5.21. The third kappa shape index (κ3) is 3.00. The second-order valence-electron chi connectivity index (χ2n) is 3.58. The van der Waals surface area contributed by atoms with Gasteiger partial charge in [0.15, 0.2) is 0 Å². The quantitative estimate of drug-likeness (QED) is 0.705. The molecule has 0 aromatic carbocycles. The van der Waals surface area contributed by atoms with Crippen LogP contribution in [-0.4, -0.2) is 4.98 Å². The standard InChI is InChI=1S/C11H19N3/c1-2-3-4-7-10(12)9-6-5-8-14-11(9)13/h5-6,8,10H,2-4,7,12H2,1H3,(H2,13,14)/t10-/m1/s1. The fraction of sp³-hybridized carbons (Fsp3) is 0.545. The summed E-state index contributed by atoms with van der Waals surface area (Å²) < 4.78 is 0. The first-order chi connectivity index (χ1) is 6.75. The molecule has 0 aliphatic rings. The first-order valence-corrected chi connectivity index (χ1v) is 5.21. The van der Waals surface area contributed by atoms with E-state index in [4.69, 9.17) is 11.5 Å². The van der Waals surface area contributed by atoms with Crippen LogP contribution < -0.4 is 11.5 Å². The Kier molecular flexibility index (Phi) is 4.40. The van der Waals surface area contributed by atoms with Crippen LogP contribution in [0.4, 0.5) is 5.82 Å².